The van der Waals surface area contributed by atoms with Gasteiger partial charge in [0.25, 0.3) is 0 Å². The van der Waals surface area contributed by atoms with E-state index in [0.29, 0.717) is 12.8 Å². The molecule has 3 N–H and O–H groups in total. The number of carboxylic acid groups (broad SMARTS) is 1. The average Bonchev–Trinajstić information content (AvgIpc) is 3.67. The maximum absolute atomic E-state index is 13.6. The van der Waals surface area contributed by atoms with Gasteiger partial charge in [-0.05, 0) is 41.9 Å². The van der Waals surface area contributed by atoms with E-state index in [1.807, 2.05) is 18.2 Å². The lowest BCUT2D eigenvalue weighted by molar-refractivity contribution is -0.140. The van der Waals surface area contributed by atoms with E-state index in [4.69, 9.17) is 0 Å². The quantitative estimate of drug-likeness (QED) is 0.439. The van der Waals surface area contributed by atoms with E-state index in [9.17, 15) is 14.3 Å². The van der Waals surface area contributed by atoms with Crippen LogP contribution < -0.4 is 10.6 Å². The molecule has 2 aliphatic rings. The molecule has 1 aliphatic carbocycles. The van der Waals surface area contributed by atoms with E-state index in [1.54, 1.807) is 0 Å². The van der Waals surface area contributed by atoms with Gasteiger partial charge < -0.3 is 15.7 Å². The molecule has 176 valence electrons. The number of carboxylic acids is 1. The molecule has 6 heteroatoms. The molecular formula is C28H30FN3O2. The highest BCUT2D eigenvalue weighted by molar-refractivity contribution is 5.85. The van der Waals surface area contributed by atoms with E-state index in [-0.39, 0.29) is 23.7 Å². The summed E-state index contributed by atoms with van der Waals surface area (Å²) in [6.45, 7) is 3.66. The molecule has 0 unspecified atom stereocenters. The fraction of sp³-hybridized carbons (Fsp3) is 0.357. The Morgan fingerprint density at radius 3 is 2.68 bits per heavy atom. The molecule has 34 heavy (non-hydrogen) atoms. The highest BCUT2D eigenvalue weighted by Crippen LogP contribution is 2.48. The SMILES string of the molecule is C[C@H](CN[C@H](c1ccccc1)[C@H]1CNc2cc(F)cnc2C1)c1cccc(C2(C(=O)O)CC2)c1. The fourth-order valence-electron chi connectivity index (χ4n) is 5.11. The van der Waals surface area contributed by atoms with Gasteiger partial charge in [0.2, 0.25) is 0 Å². The molecule has 3 atom stereocenters. The van der Waals surface area contributed by atoms with Crippen LogP contribution in [-0.2, 0) is 16.6 Å². The first-order chi connectivity index (χ1) is 16.5. The number of hydrogen-bond acceptors (Lipinski definition) is 4. The number of pyridine rings is 1. The number of halogens is 1. The van der Waals surface area contributed by atoms with Crippen molar-refractivity contribution in [1.82, 2.24) is 10.3 Å². The summed E-state index contributed by atoms with van der Waals surface area (Å²) in [7, 11) is 0. The van der Waals surface area contributed by atoms with E-state index in [1.165, 1.54) is 17.8 Å². The lowest BCUT2D eigenvalue weighted by atomic mass is 9.85. The van der Waals surface area contributed by atoms with Gasteiger partial charge in [-0.25, -0.2) is 4.39 Å². The molecule has 1 aromatic heterocycles. The van der Waals surface area contributed by atoms with Crippen LogP contribution in [0.4, 0.5) is 10.1 Å². The fourth-order valence-corrected chi connectivity index (χ4v) is 5.11. The van der Waals surface area contributed by atoms with Crippen molar-refractivity contribution < 1.29 is 14.3 Å². The molecule has 1 aliphatic heterocycles. The molecule has 5 nitrogen and oxygen atoms in total. The maximum atomic E-state index is 13.6. The molecule has 1 fully saturated rings. The summed E-state index contributed by atoms with van der Waals surface area (Å²) in [6.07, 6.45) is 3.47. The second-order valence-corrected chi connectivity index (χ2v) is 9.70. The van der Waals surface area contributed by atoms with Crippen LogP contribution in [0.25, 0.3) is 0 Å². The Labute approximate surface area is 199 Å². The van der Waals surface area contributed by atoms with Crippen LogP contribution >= 0.6 is 0 Å². The minimum absolute atomic E-state index is 0.105. The van der Waals surface area contributed by atoms with E-state index in [0.717, 1.165) is 42.0 Å². The standard InChI is InChI=1S/C28H30FN3O2/c1-18(20-8-5-9-22(12-20)28(10-11-28)27(33)34)15-32-26(19-6-3-2-4-7-19)21-13-24-25(30-16-21)14-23(29)17-31-24/h2-9,12,14,17-18,21,26,30,32H,10-11,13,15-16H2,1H3,(H,33,34)/t18-,21-,26-/m1/s1. The number of carbonyl (C=O) groups is 1. The zero-order valence-electron chi connectivity index (χ0n) is 19.3. The van der Waals surface area contributed by atoms with Crippen molar-refractivity contribution in [2.75, 3.05) is 18.4 Å². The number of benzene rings is 2. The predicted octanol–water partition coefficient (Wildman–Crippen LogP) is 5.06. The largest absolute Gasteiger partial charge is 0.481 e. The van der Waals surface area contributed by atoms with Gasteiger partial charge in [0.1, 0.15) is 5.82 Å². The second-order valence-electron chi connectivity index (χ2n) is 9.70. The van der Waals surface area contributed by atoms with E-state index in [2.05, 4.69) is 58.9 Å². The molecule has 0 radical (unpaired) electrons. The number of fused-ring (bicyclic) bond motifs is 1. The van der Waals surface area contributed by atoms with Crippen LogP contribution in [0.1, 0.15) is 54.1 Å². The highest BCUT2D eigenvalue weighted by atomic mass is 19.1. The number of nitrogens with zero attached hydrogens (tertiary/aromatic N) is 1. The van der Waals surface area contributed by atoms with Gasteiger partial charge in [0, 0.05) is 31.1 Å². The number of aliphatic carboxylic acids is 1. The van der Waals surface area contributed by atoms with Gasteiger partial charge in [-0.1, -0.05) is 61.5 Å². The zero-order chi connectivity index (χ0) is 23.7. The number of aromatic nitrogens is 1. The van der Waals surface area contributed by atoms with E-state index >= 15 is 0 Å². The molecule has 1 saturated carbocycles. The number of rotatable bonds is 8. The van der Waals surface area contributed by atoms with Crippen LogP contribution in [0.2, 0.25) is 0 Å². The third-order valence-corrected chi connectivity index (χ3v) is 7.39. The first-order valence-corrected chi connectivity index (χ1v) is 12.0. The topological polar surface area (TPSA) is 74.2 Å². The minimum Gasteiger partial charge on any atom is -0.481 e. The summed E-state index contributed by atoms with van der Waals surface area (Å²) in [5.41, 5.74) is 4.25. The Bertz CT molecular complexity index is 1180. The number of nitrogens with one attached hydrogen (secondary N) is 2. The molecule has 0 bridgehead atoms. The van der Waals surface area contributed by atoms with Crippen molar-refractivity contribution in [1.29, 1.82) is 0 Å². The van der Waals surface area contributed by atoms with Crippen molar-refractivity contribution in [3.05, 3.63) is 95.1 Å². The molecule has 0 amide bonds. The molecule has 2 heterocycles. The van der Waals surface area contributed by atoms with Crippen molar-refractivity contribution in [2.24, 2.45) is 5.92 Å². The molecular weight excluding hydrogens is 429 g/mol. The van der Waals surface area contributed by atoms with Crippen molar-refractivity contribution >= 4 is 11.7 Å². The summed E-state index contributed by atoms with van der Waals surface area (Å²) in [6, 6.07) is 20.1. The summed E-state index contributed by atoms with van der Waals surface area (Å²) < 4.78 is 13.6. The summed E-state index contributed by atoms with van der Waals surface area (Å²) in [4.78, 5) is 16.1. The van der Waals surface area contributed by atoms with Crippen molar-refractivity contribution in [3.8, 4) is 0 Å². The van der Waals surface area contributed by atoms with Crippen LogP contribution in [-0.4, -0.2) is 29.1 Å². The monoisotopic (exact) mass is 459 g/mol. The normalized spacial score (nSPS) is 20.0. The maximum Gasteiger partial charge on any atom is 0.314 e. The first-order valence-electron chi connectivity index (χ1n) is 12.0. The van der Waals surface area contributed by atoms with Gasteiger partial charge in [-0.3, -0.25) is 9.78 Å². The van der Waals surface area contributed by atoms with Crippen LogP contribution in [0.5, 0.6) is 0 Å². The third kappa shape index (κ3) is 4.42. The Kier molecular flexibility index (Phi) is 6.09. The average molecular weight is 460 g/mol. The van der Waals surface area contributed by atoms with Gasteiger partial charge in [-0.15, -0.1) is 0 Å². The van der Waals surface area contributed by atoms with Gasteiger partial charge in [0.15, 0.2) is 0 Å². The smallest absolute Gasteiger partial charge is 0.314 e. The van der Waals surface area contributed by atoms with Gasteiger partial charge >= 0.3 is 5.97 Å². The Morgan fingerprint density at radius 2 is 1.94 bits per heavy atom. The van der Waals surface area contributed by atoms with Crippen LogP contribution in [0, 0.1) is 11.7 Å². The van der Waals surface area contributed by atoms with Crippen molar-refractivity contribution in [2.45, 2.75) is 43.6 Å². The Morgan fingerprint density at radius 1 is 1.18 bits per heavy atom. The van der Waals surface area contributed by atoms with Crippen LogP contribution in [0.3, 0.4) is 0 Å². The summed E-state index contributed by atoms with van der Waals surface area (Å²) in [5.74, 6) is -0.576. The molecule has 3 aromatic rings. The van der Waals surface area contributed by atoms with Gasteiger partial charge in [-0.2, -0.15) is 0 Å². The third-order valence-electron chi connectivity index (χ3n) is 7.39. The lowest BCUT2D eigenvalue weighted by Gasteiger charge is -2.33. The van der Waals surface area contributed by atoms with E-state index < -0.39 is 11.4 Å². The Hall–Kier alpha value is -3.25. The van der Waals surface area contributed by atoms with Crippen molar-refractivity contribution in [3.63, 3.8) is 0 Å². The summed E-state index contributed by atoms with van der Waals surface area (Å²) >= 11 is 0. The lowest BCUT2D eigenvalue weighted by Crippen LogP contribution is -2.37. The second kappa shape index (κ2) is 9.18. The molecule has 0 spiro atoms. The Balaban J connectivity index is 1.33. The minimum atomic E-state index is -0.724. The first kappa shape index (κ1) is 22.5. The predicted molar refractivity (Wildman–Crippen MR) is 130 cm³/mol. The number of hydrogen-bond donors (Lipinski definition) is 3. The molecule has 0 saturated heterocycles. The summed E-state index contributed by atoms with van der Waals surface area (Å²) in [5, 5.41) is 16.8. The van der Waals surface area contributed by atoms with Crippen LogP contribution in [0.15, 0.2) is 66.9 Å². The highest BCUT2D eigenvalue weighted by Gasteiger charge is 2.51. The number of anilines is 1. The molecule has 5 rings (SSSR count). The molecule has 2 aromatic carbocycles. The zero-order valence-corrected chi connectivity index (χ0v) is 19.3. The van der Waals surface area contributed by atoms with Gasteiger partial charge in [0.05, 0.1) is 23.0 Å².